The quantitative estimate of drug-likeness (QED) is 0.132. The molecule has 4 N–H and O–H groups in total. The van der Waals surface area contributed by atoms with Gasteiger partial charge in [-0.05, 0) is 145 Å². The minimum Gasteiger partial charge on any atom is -0.478 e. The Kier molecular flexibility index (Phi) is 11.2. The molecule has 0 fully saturated rings. The minimum absolute atomic E-state index is 0.142. The topological polar surface area (TPSA) is 149 Å². The Hall–Kier alpha value is -8.56. The van der Waals surface area contributed by atoms with Crippen LogP contribution in [0.3, 0.4) is 0 Å². The molecular weight excluding hydrogens is 705 g/mol. The summed E-state index contributed by atoms with van der Waals surface area (Å²) < 4.78 is 0. The molecule has 8 heteroatoms. The van der Waals surface area contributed by atoms with Gasteiger partial charge in [-0.2, -0.15) is 0 Å². The van der Waals surface area contributed by atoms with Crippen molar-refractivity contribution in [3.05, 3.63) is 200 Å². The molecule has 0 atom stereocenters. The van der Waals surface area contributed by atoms with Crippen molar-refractivity contribution in [3.63, 3.8) is 0 Å². The maximum absolute atomic E-state index is 11.3. The normalized spacial score (nSPS) is 9.79. The molecule has 6 aromatic carbocycles. The third kappa shape index (κ3) is 9.85. The average molecular weight is 731 g/mol. The Balaban J connectivity index is 1.46. The number of hydrogen-bond acceptors (Lipinski definition) is 4. The molecule has 56 heavy (non-hydrogen) atoms. The third-order valence-electron chi connectivity index (χ3n) is 8.13. The van der Waals surface area contributed by atoms with Crippen molar-refractivity contribution in [2.75, 3.05) is 0 Å². The third-order valence-corrected chi connectivity index (χ3v) is 8.13. The lowest BCUT2D eigenvalue weighted by Crippen LogP contribution is -1.95. The van der Waals surface area contributed by atoms with E-state index in [0.29, 0.717) is 44.5 Å². The minimum atomic E-state index is -1.04. The molecule has 6 rings (SSSR count). The van der Waals surface area contributed by atoms with Crippen molar-refractivity contribution >= 4 is 23.9 Å². The lowest BCUT2D eigenvalue weighted by atomic mass is 9.96. The number of rotatable bonds is 5. The van der Waals surface area contributed by atoms with E-state index in [-0.39, 0.29) is 22.3 Å². The highest BCUT2D eigenvalue weighted by molar-refractivity contribution is 5.89. The molecule has 0 aliphatic carbocycles. The Labute approximate surface area is 321 Å². The van der Waals surface area contributed by atoms with Crippen LogP contribution in [0, 0.1) is 47.4 Å². The number of hydrogen-bond donors (Lipinski definition) is 4. The molecule has 8 nitrogen and oxygen atoms in total. The summed E-state index contributed by atoms with van der Waals surface area (Å²) in [6.45, 7) is 0. The Morgan fingerprint density at radius 2 is 0.446 bits per heavy atom. The highest BCUT2D eigenvalue weighted by Crippen LogP contribution is 2.25. The lowest BCUT2D eigenvalue weighted by Gasteiger charge is -2.07. The zero-order chi connectivity index (χ0) is 39.6. The van der Waals surface area contributed by atoms with E-state index in [1.165, 1.54) is 48.5 Å². The fourth-order valence-corrected chi connectivity index (χ4v) is 5.24. The van der Waals surface area contributed by atoms with Crippen molar-refractivity contribution in [1.82, 2.24) is 0 Å². The van der Waals surface area contributed by atoms with E-state index in [4.69, 9.17) is 0 Å². The van der Waals surface area contributed by atoms with E-state index in [1.807, 2.05) is 36.4 Å². The van der Waals surface area contributed by atoms with Crippen LogP contribution in [0.2, 0.25) is 0 Å². The van der Waals surface area contributed by atoms with E-state index in [1.54, 1.807) is 48.5 Å². The predicted octanol–water partition coefficient (Wildman–Crippen LogP) is 7.75. The van der Waals surface area contributed by atoms with E-state index in [2.05, 4.69) is 47.4 Å². The molecule has 0 saturated carbocycles. The fourth-order valence-electron chi connectivity index (χ4n) is 5.24. The number of carboxylic acid groups (broad SMARTS) is 4. The molecule has 0 aromatic heterocycles. The van der Waals surface area contributed by atoms with Gasteiger partial charge in [0.15, 0.2) is 0 Å². The zero-order valence-corrected chi connectivity index (χ0v) is 29.1. The molecular formula is C48H26O8. The van der Waals surface area contributed by atoms with Gasteiger partial charge in [-0.1, -0.05) is 47.4 Å². The van der Waals surface area contributed by atoms with Gasteiger partial charge in [0.2, 0.25) is 0 Å². The van der Waals surface area contributed by atoms with Crippen molar-refractivity contribution in [2.24, 2.45) is 0 Å². The second kappa shape index (κ2) is 16.8. The summed E-state index contributed by atoms with van der Waals surface area (Å²) in [5.41, 5.74) is 6.88. The van der Waals surface area contributed by atoms with Gasteiger partial charge in [0, 0.05) is 44.5 Å². The van der Waals surface area contributed by atoms with Gasteiger partial charge in [0.1, 0.15) is 0 Å². The highest BCUT2D eigenvalue weighted by Gasteiger charge is 2.08. The number of carbonyl (C=O) groups is 4. The number of aromatic carboxylic acids is 4. The van der Waals surface area contributed by atoms with Crippen LogP contribution < -0.4 is 0 Å². The first-order valence-corrected chi connectivity index (χ1v) is 16.7. The van der Waals surface area contributed by atoms with Gasteiger partial charge in [-0.25, -0.2) is 19.2 Å². The number of benzene rings is 6. The van der Waals surface area contributed by atoms with Crippen molar-refractivity contribution in [1.29, 1.82) is 0 Å². The predicted molar refractivity (Wildman–Crippen MR) is 209 cm³/mol. The maximum atomic E-state index is 11.3. The monoisotopic (exact) mass is 730 g/mol. The average Bonchev–Trinajstić information content (AvgIpc) is 3.21. The van der Waals surface area contributed by atoms with Crippen LogP contribution in [-0.2, 0) is 0 Å². The summed E-state index contributed by atoms with van der Waals surface area (Å²) in [4.78, 5) is 45.3. The van der Waals surface area contributed by atoms with Crippen LogP contribution in [0.25, 0.3) is 11.1 Å². The summed E-state index contributed by atoms with van der Waals surface area (Å²) in [7, 11) is 0. The maximum Gasteiger partial charge on any atom is 0.335 e. The van der Waals surface area contributed by atoms with Crippen LogP contribution in [0.15, 0.2) is 133 Å². The summed E-state index contributed by atoms with van der Waals surface area (Å²) in [5, 5.41) is 37.1. The Bertz CT molecular complexity index is 2400. The first kappa shape index (κ1) is 37.2. The van der Waals surface area contributed by atoms with Gasteiger partial charge in [0.25, 0.3) is 0 Å². The van der Waals surface area contributed by atoms with E-state index < -0.39 is 23.9 Å². The van der Waals surface area contributed by atoms with Crippen molar-refractivity contribution in [2.45, 2.75) is 0 Å². The summed E-state index contributed by atoms with van der Waals surface area (Å²) in [6.07, 6.45) is 0. The summed E-state index contributed by atoms with van der Waals surface area (Å²) in [5.74, 6) is 20.8. The van der Waals surface area contributed by atoms with Gasteiger partial charge in [0.05, 0.1) is 22.3 Å². The fraction of sp³-hybridized carbons (Fsp3) is 0. The number of carboxylic acids is 4. The second-order valence-electron chi connectivity index (χ2n) is 12.1. The van der Waals surface area contributed by atoms with Crippen LogP contribution >= 0.6 is 0 Å². The van der Waals surface area contributed by atoms with Crippen LogP contribution in [-0.4, -0.2) is 44.3 Å². The van der Waals surface area contributed by atoms with Crippen molar-refractivity contribution in [3.8, 4) is 58.5 Å². The molecule has 0 radical (unpaired) electrons. The first-order chi connectivity index (χ1) is 27.0. The molecule has 0 heterocycles. The van der Waals surface area contributed by atoms with Gasteiger partial charge < -0.3 is 20.4 Å². The molecule has 0 unspecified atom stereocenters. The largest absolute Gasteiger partial charge is 0.478 e. The van der Waals surface area contributed by atoms with Crippen LogP contribution in [0.5, 0.6) is 0 Å². The smallest absolute Gasteiger partial charge is 0.335 e. The van der Waals surface area contributed by atoms with Crippen LogP contribution in [0.4, 0.5) is 0 Å². The standard InChI is InChI=1S/C48H26O8/c49-45(50)39-17-9-31(10-18-39)1-5-35-25-36(6-2-32-11-19-40(20-12-32)46(51)52)28-43(27-35)44-29-37(7-3-33-13-21-41(22-14-33)47(53)54)26-38(30-44)8-4-34-15-23-42(24-16-34)48(55)56/h9-30H,(H,49,50)(H,51,52)(H,53,54)(H,55,56). The molecule has 0 bridgehead atoms. The molecule has 0 saturated heterocycles. The van der Waals surface area contributed by atoms with Gasteiger partial charge >= 0.3 is 23.9 Å². The molecule has 266 valence electrons. The first-order valence-electron chi connectivity index (χ1n) is 16.7. The zero-order valence-electron chi connectivity index (χ0n) is 29.1. The highest BCUT2D eigenvalue weighted by atomic mass is 16.4. The van der Waals surface area contributed by atoms with E-state index in [9.17, 15) is 39.6 Å². The second-order valence-corrected chi connectivity index (χ2v) is 12.1. The van der Waals surface area contributed by atoms with Gasteiger partial charge in [-0.3, -0.25) is 0 Å². The molecule has 0 aliphatic heterocycles. The summed E-state index contributed by atoms with van der Waals surface area (Å²) >= 11 is 0. The SMILES string of the molecule is O=C(O)c1ccc(C#Cc2cc(C#Cc3ccc(C(=O)O)cc3)cc(-c3cc(C#Cc4ccc(C(=O)O)cc4)cc(C#Cc4ccc(C(=O)O)cc4)c3)c2)cc1. The van der Waals surface area contributed by atoms with E-state index >= 15 is 0 Å². The Morgan fingerprint density at radius 3 is 0.625 bits per heavy atom. The molecule has 0 aliphatic rings. The molecule has 6 aromatic rings. The lowest BCUT2D eigenvalue weighted by molar-refractivity contribution is 0.0686. The molecule has 0 spiro atoms. The molecule has 0 amide bonds. The summed E-state index contributed by atoms with van der Waals surface area (Å²) in [6, 6.07) is 36.0. The van der Waals surface area contributed by atoms with Crippen molar-refractivity contribution < 1.29 is 39.6 Å². The van der Waals surface area contributed by atoms with Crippen LogP contribution in [0.1, 0.15) is 85.9 Å². The van der Waals surface area contributed by atoms with E-state index in [0.717, 1.165) is 11.1 Å². The van der Waals surface area contributed by atoms with Gasteiger partial charge in [-0.15, -0.1) is 0 Å². The Morgan fingerprint density at radius 1 is 0.268 bits per heavy atom.